The minimum Gasteiger partial charge on any atom is -0.478 e. The second-order valence-electron chi connectivity index (χ2n) is 10.1. The van der Waals surface area contributed by atoms with Gasteiger partial charge in [-0.05, 0) is 77.1 Å². The molecule has 0 N–H and O–H groups in total. The lowest BCUT2D eigenvalue weighted by Crippen LogP contribution is -2.20. The lowest BCUT2D eigenvalue weighted by Gasteiger charge is -2.12. The molecule has 212 valence electrons. The summed E-state index contributed by atoms with van der Waals surface area (Å²) in [7, 11) is 0. The van der Waals surface area contributed by atoms with E-state index in [4.69, 9.17) is 0 Å². The zero-order valence-electron chi connectivity index (χ0n) is 22.4. The molecule has 0 heterocycles. The van der Waals surface area contributed by atoms with Gasteiger partial charge in [0, 0.05) is 5.39 Å². The number of aryl methyl sites for hydroxylation is 3. The number of alkyl halides is 3. The Morgan fingerprint density at radius 1 is 0.650 bits per heavy atom. The molecule has 1 nitrogen and oxygen atoms in total. The van der Waals surface area contributed by atoms with Crippen LogP contribution in [-0.2, 0) is 19.3 Å². The lowest BCUT2D eigenvalue weighted by molar-refractivity contribution is -0.154. The molecule has 0 aliphatic heterocycles. The highest BCUT2D eigenvalue weighted by Crippen LogP contribution is 2.30. The summed E-state index contributed by atoms with van der Waals surface area (Å²) < 4.78 is 84.9. The van der Waals surface area contributed by atoms with Crippen molar-refractivity contribution in [1.29, 1.82) is 0 Å². The molecule has 0 radical (unpaired) electrons. The van der Waals surface area contributed by atoms with Gasteiger partial charge in [0.1, 0.15) is 5.82 Å². The summed E-state index contributed by atoms with van der Waals surface area (Å²) in [5, 5.41) is 1.18. The fourth-order valence-corrected chi connectivity index (χ4v) is 4.83. The van der Waals surface area contributed by atoms with Crippen LogP contribution in [0.5, 0.6) is 5.75 Å². The van der Waals surface area contributed by atoms with E-state index in [1.54, 1.807) is 12.1 Å². The predicted molar refractivity (Wildman–Crippen MR) is 147 cm³/mol. The fourth-order valence-electron chi connectivity index (χ4n) is 4.83. The third-order valence-electron chi connectivity index (χ3n) is 7.01. The van der Waals surface area contributed by atoms with Crippen molar-refractivity contribution in [2.24, 2.45) is 0 Å². The highest BCUT2D eigenvalue weighted by atomic mass is 19.4. The molecule has 4 rings (SSSR count). The molecule has 0 fully saturated rings. The van der Waals surface area contributed by atoms with E-state index < -0.39 is 36.0 Å². The summed E-state index contributed by atoms with van der Waals surface area (Å²) in [6, 6.07) is 19.3. The summed E-state index contributed by atoms with van der Waals surface area (Å²) in [6.07, 6.45) is 2.81. The molecule has 0 saturated carbocycles. The van der Waals surface area contributed by atoms with Crippen molar-refractivity contribution in [1.82, 2.24) is 0 Å². The second-order valence-corrected chi connectivity index (χ2v) is 10.1. The number of unbranched alkanes of at least 4 members (excludes halogenated alkanes) is 4. The number of fused-ring (bicyclic) bond motifs is 1. The smallest absolute Gasteiger partial charge is 0.422 e. The summed E-state index contributed by atoms with van der Waals surface area (Å²) >= 11 is 0. The van der Waals surface area contributed by atoms with Gasteiger partial charge in [-0.25, -0.2) is 13.2 Å². The van der Waals surface area contributed by atoms with E-state index in [2.05, 4.69) is 35.9 Å². The van der Waals surface area contributed by atoms with Gasteiger partial charge in [0.2, 0.25) is 0 Å². The molecular formula is C33H32F6O. The molecule has 0 spiro atoms. The van der Waals surface area contributed by atoms with Crippen LogP contribution >= 0.6 is 0 Å². The maximum absolute atomic E-state index is 15.3. The molecule has 0 aliphatic carbocycles. The third kappa shape index (κ3) is 7.80. The van der Waals surface area contributed by atoms with E-state index in [9.17, 15) is 22.0 Å². The van der Waals surface area contributed by atoms with E-state index in [1.807, 2.05) is 18.2 Å². The van der Waals surface area contributed by atoms with Crippen LogP contribution in [0.15, 0.2) is 66.7 Å². The Morgan fingerprint density at radius 2 is 1.32 bits per heavy atom. The number of ether oxygens (including phenoxy) is 1. The Morgan fingerprint density at radius 3 is 2.00 bits per heavy atom. The van der Waals surface area contributed by atoms with Gasteiger partial charge in [-0.1, -0.05) is 81.1 Å². The summed E-state index contributed by atoms with van der Waals surface area (Å²) in [4.78, 5) is 0. The Bertz CT molecular complexity index is 1400. The molecule has 7 heteroatoms. The summed E-state index contributed by atoms with van der Waals surface area (Å²) in [5.41, 5.74) is 3.90. The Balaban J connectivity index is 1.42. The first-order chi connectivity index (χ1) is 19.1. The Kier molecular flexibility index (Phi) is 9.77. The van der Waals surface area contributed by atoms with Crippen molar-refractivity contribution < 1.29 is 31.1 Å². The van der Waals surface area contributed by atoms with Crippen LogP contribution in [0.2, 0.25) is 0 Å². The molecule has 0 bridgehead atoms. The van der Waals surface area contributed by atoms with E-state index >= 15 is 4.39 Å². The highest BCUT2D eigenvalue weighted by molar-refractivity contribution is 5.88. The maximum Gasteiger partial charge on any atom is 0.422 e. The minimum absolute atomic E-state index is 0.0961. The average Bonchev–Trinajstić information content (AvgIpc) is 2.92. The number of halogens is 6. The number of rotatable bonds is 12. The standard InChI is InChI=1S/C33H32F6O/c1-2-3-4-5-6-7-22-8-11-24(12-9-22)26-16-17-28-27(20-26)15-14-25(31(28)36)13-10-23-18-29(34)32(30(35)19-23)40-21-33(37,38)39/h8-9,11-12,14-20H,2-7,10,13,21H2,1H3. The zero-order valence-corrected chi connectivity index (χ0v) is 22.4. The maximum atomic E-state index is 15.3. The van der Waals surface area contributed by atoms with Crippen molar-refractivity contribution in [2.45, 2.75) is 64.5 Å². The molecule has 0 aliphatic rings. The topological polar surface area (TPSA) is 9.23 Å². The van der Waals surface area contributed by atoms with Gasteiger partial charge in [0.05, 0.1) is 0 Å². The molecule has 0 unspecified atom stereocenters. The van der Waals surface area contributed by atoms with E-state index in [0.29, 0.717) is 10.9 Å². The van der Waals surface area contributed by atoms with Crippen molar-refractivity contribution >= 4 is 10.8 Å². The monoisotopic (exact) mass is 558 g/mol. The lowest BCUT2D eigenvalue weighted by atomic mass is 9.96. The van der Waals surface area contributed by atoms with Gasteiger partial charge in [0.25, 0.3) is 0 Å². The fraction of sp³-hybridized carbons (Fsp3) is 0.333. The second kappa shape index (κ2) is 13.2. The van der Waals surface area contributed by atoms with E-state index in [-0.39, 0.29) is 18.4 Å². The van der Waals surface area contributed by atoms with Crippen LogP contribution in [0, 0.1) is 17.5 Å². The average molecular weight is 559 g/mol. The summed E-state index contributed by atoms with van der Waals surface area (Å²) in [6.45, 7) is 0.412. The van der Waals surface area contributed by atoms with Crippen LogP contribution in [0.4, 0.5) is 26.3 Å². The van der Waals surface area contributed by atoms with Crippen LogP contribution < -0.4 is 4.74 Å². The predicted octanol–water partition coefficient (Wildman–Crippen LogP) is 10.2. The largest absolute Gasteiger partial charge is 0.478 e. The first kappa shape index (κ1) is 29.5. The molecule has 4 aromatic carbocycles. The quantitative estimate of drug-likeness (QED) is 0.124. The SMILES string of the molecule is CCCCCCCc1ccc(-c2ccc3c(F)c(CCc4cc(F)c(OCC(F)(F)F)c(F)c4)ccc3c2)cc1. The first-order valence-electron chi connectivity index (χ1n) is 13.6. The van der Waals surface area contributed by atoms with Gasteiger partial charge < -0.3 is 4.74 Å². The molecule has 40 heavy (non-hydrogen) atoms. The molecule has 0 saturated heterocycles. The molecule has 0 amide bonds. The van der Waals surface area contributed by atoms with Crippen LogP contribution in [-0.4, -0.2) is 12.8 Å². The van der Waals surface area contributed by atoms with E-state index in [1.165, 1.54) is 37.7 Å². The first-order valence-corrected chi connectivity index (χ1v) is 13.6. The number of hydrogen-bond donors (Lipinski definition) is 0. The Hall–Kier alpha value is -3.48. The van der Waals surface area contributed by atoms with Crippen molar-refractivity contribution in [2.75, 3.05) is 6.61 Å². The van der Waals surface area contributed by atoms with Crippen LogP contribution in [0.1, 0.15) is 55.7 Å². The molecule has 0 aromatic heterocycles. The number of benzene rings is 4. The van der Waals surface area contributed by atoms with E-state index in [0.717, 1.165) is 35.1 Å². The highest BCUT2D eigenvalue weighted by Gasteiger charge is 2.30. The van der Waals surface area contributed by atoms with Gasteiger partial charge in [-0.15, -0.1) is 0 Å². The summed E-state index contributed by atoms with van der Waals surface area (Å²) in [5.74, 6) is -3.95. The van der Waals surface area contributed by atoms with Crippen molar-refractivity contribution in [3.05, 3.63) is 101 Å². The third-order valence-corrected chi connectivity index (χ3v) is 7.01. The van der Waals surface area contributed by atoms with Crippen LogP contribution in [0.25, 0.3) is 21.9 Å². The van der Waals surface area contributed by atoms with Gasteiger partial charge in [-0.2, -0.15) is 13.2 Å². The van der Waals surface area contributed by atoms with Crippen molar-refractivity contribution in [3.8, 4) is 16.9 Å². The number of hydrogen-bond acceptors (Lipinski definition) is 1. The molecular weight excluding hydrogens is 526 g/mol. The van der Waals surface area contributed by atoms with Gasteiger partial charge >= 0.3 is 6.18 Å². The zero-order chi connectivity index (χ0) is 28.7. The molecule has 0 atom stereocenters. The normalized spacial score (nSPS) is 11.8. The van der Waals surface area contributed by atoms with Gasteiger partial charge in [-0.3, -0.25) is 0 Å². The van der Waals surface area contributed by atoms with Crippen molar-refractivity contribution in [3.63, 3.8) is 0 Å². The Labute approximate surface area is 230 Å². The van der Waals surface area contributed by atoms with Crippen LogP contribution in [0.3, 0.4) is 0 Å². The van der Waals surface area contributed by atoms with Gasteiger partial charge in [0.15, 0.2) is 24.0 Å². The minimum atomic E-state index is -4.72. The molecule has 4 aromatic rings.